The van der Waals surface area contributed by atoms with E-state index in [1.165, 1.54) is 14.2 Å². The lowest BCUT2D eigenvalue weighted by molar-refractivity contribution is 0.393. The lowest BCUT2D eigenvalue weighted by Gasteiger charge is -2.11. The lowest BCUT2D eigenvalue weighted by Crippen LogP contribution is -1.98. The molecule has 14 heavy (non-hydrogen) atoms. The Morgan fingerprint density at radius 2 is 1.93 bits per heavy atom. The van der Waals surface area contributed by atoms with Crippen molar-refractivity contribution in [1.82, 2.24) is 0 Å². The van der Waals surface area contributed by atoms with Gasteiger partial charge in [0.25, 0.3) is 0 Å². The Morgan fingerprint density at radius 1 is 1.36 bits per heavy atom. The highest BCUT2D eigenvalue weighted by Gasteiger charge is 2.15. The highest BCUT2D eigenvalue weighted by molar-refractivity contribution is 9.10. The van der Waals surface area contributed by atoms with E-state index in [0.717, 1.165) is 0 Å². The van der Waals surface area contributed by atoms with Gasteiger partial charge in [-0.1, -0.05) is 0 Å². The smallest absolute Gasteiger partial charge is 0.146 e. The fraction of sp³-hybridized carbons (Fsp3) is 0.222. The van der Waals surface area contributed by atoms with Crippen molar-refractivity contribution in [1.29, 1.82) is 5.26 Å². The molecule has 0 aliphatic heterocycles. The zero-order chi connectivity index (χ0) is 10.7. The van der Waals surface area contributed by atoms with Gasteiger partial charge in [-0.15, -0.1) is 0 Å². The Kier molecular flexibility index (Phi) is 3.20. The van der Waals surface area contributed by atoms with Crippen LogP contribution in [0, 0.1) is 11.3 Å². The largest absolute Gasteiger partial charge is 0.495 e. The number of hydrogen-bond donors (Lipinski definition) is 1. The van der Waals surface area contributed by atoms with Crippen molar-refractivity contribution < 1.29 is 9.47 Å². The molecule has 5 heteroatoms. The van der Waals surface area contributed by atoms with Crippen LogP contribution in [-0.4, -0.2) is 14.2 Å². The van der Waals surface area contributed by atoms with Crippen molar-refractivity contribution in [2.24, 2.45) is 0 Å². The summed E-state index contributed by atoms with van der Waals surface area (Å²) in [7, 11) is 3.00. The second kappa shape index (κ2) is 4.20. The van der Waals surface area contributed by atoms with Gasteiger partial charge in [0, 0.05) is 6.07 Å². The summed E-state index contributed by atoms with van der Waals surface area (Å²) < 4.78 is 10.6. The molecule has 1 aromatic rings. The summed E-state index contributed by atoms with van der Waals surface area (Å²) in [4.78, 5) is 0. The Hall–Kier alpha value is -1.41. The third-order valence-electron chi connectivity index (χ3n) is 1.78. The number of anilines is 1. The number of halogens is 1. The van der Waals surface area contributed by atoms with Crippen LogP contribution in [0.3, 0.4) is 0 Å². The number of ether oxygens (including phenoxy) is 2. The number of nitrogen functional groups attached to an aromatic ring is 1. The number of methoxy groups -OCH3 is 2. The van der Waals surface area contributed by atoms with E-state index in [-0.39, 0.29) is 0 Å². The molecular weight excluding hydrogens is 248 g/mol. The molecule has 0 bridgehead atoms. The summed E-state index contributed by atoms with van der Waals surface area (Å²) in [5, 5.41) is 8.87. The SMILES string of the molecule is COc1cc(OC)c(Br)c(C#N)c1N. The second-order valence-electron chi connectivity index (χ2n) is 2.50. The maximum atomic E-state index is 8.87. The molecule has 0 fully saturated rings. The first-order chi connectivity index (χ1) is 6.65. The lowest BCUT2D eigenvalue weighted by atomic mass is 10.1. The molecule has 0 amide bonds. The fourth-order valence-electron chi connectivity index (χ4n) is 1.05. The van der Waals surface area contributed by atoms with Crippen molar-refractivity contribution in [2.45, 2.75) is 0 Å². The van der Waals surface area contributed by atoms with Crippen LogP contribution in [0.5, 0.6) is 11.5 Å². The molecule has 74 valence electrons. The first-order valence-electron chi connectivity index (χ1n) is 3.75. The summed E-state index contributed by atoms with van der Waals surface area (Å²) in [6, 6.07) is 3.61. The predicted octanol–water partition coefficient (Wildman–Crippen LogP) is 1.92. The topological polar surface area (TPSA) is 68.3 Å². The van der Waals surface area contributed by atoms with E-state index in [1.807, 2.05) is 6.07 Å². The van der Waals surface area contributed by atoms with Crippen molar-refractivity contribution >= 4 is 21.6 Å². The van der Waals surface area contributed by atoms with Crippen LogP contribution in [0.15, 0.2) is 10.5 Å². The van der Waals surface area contributed by atoms with E-state index in [0.29, 0.717) is 27.2 Å². The van der Waals surface area contributed by atoms with Gasteiger partial charge in [0.05, 0.1) is 29.9 Å². The molecule has 0 saturated carbocycles. The van der Waals surface area contributed by atoms with Crippen LogP contribution < -0.4 is 15.2 Å². The zero-order valence-corrected chi connectivity index (χ0v) is 9.38. The average molecular weight is 257 g/mol. The summed E-state index contributed by atoms with van der Waals surface area (Å²) in [5.41, 5.74) is 6.32. The van der Waals surface area contributed by atoms with Crippen LogP contribution in [0.2, 0.25) is 0 Å². The van der Waals surface area contributed by atoms with E-state index in [1.54, 1.807) is 6.07 Å². The minimum absolute atomic E-state index is 0.308. The van der Waals surface area contributed by atoms with Crippen LogP contribution >= 0.6 is 15.9 Å². The first kappa shape index (κ1) is 10.7. The van der Waals surface area contributed by atoms with Crippen molar-refractivity contribution in [3.05, 3.63) is 16.1 Å². The quantitative estimate of drug-likeness (QED) is 0.822. The van der Waals surface area contributed by atoms with Crippen molar-refractivity contribution in [2.75, 3.05) is 20.0 Å². The molecule has 0 spiro atoms. The normalized spacial score (nSPS) is 9.29. The molecule has 0 unspecified atom stereocenters. The molecule has 0 saturated heterocycles. The molecule has 0 aliphatic rings. The van der Waals surface area contributed by atoms with Gasteiger partial charge in [0.2, 0.25) is 0 Å². The maximum Gasteiger partial charge on any atom is 0.146 e. The first-order valence-corrected chi connectivity index (χ1v) is 4.55. The van der Waals surface area contributed by atoms with Crippen molar-refractivity contribution in [3.8, 4) is 17.6 Å². The van der Waals surface area contributed by atoms with Gasteiger partial charge in [-0.3, -0.25) is 0 Å². The maximum absolute atomic E-state index is 8.87. The summed E-state index contributed by atoms with van der Waals surface area (Å²) >= 11 is 3.23. The minimum Gasteiger partial charge on any atom is -0.495 e. The number of rotatable bonds is 2. The zero-order valence-electron chi connectivity index (χ0n) is 7.80. The number of nitriles is 1. The number of nitrogens with two attached hydrogens (primary N) is 1. The molecule has 0 radical (unpaired) electrons. The van der Waals surface area contributed by atoms with Crippen LogP contribution in [0.1, 0.15) is 5.56 Å². The van der Waals surface area contributed by atoms with E-state index in [2.05, 4.69) is 15.9 Å². The summed E-state index contributed by atoms with van der Waals surface area (Å²) in [5.74, 6) is 0.953. The minimum atomic E-state index is 0.308. The molecule has 1 aromatic carbocycles. The third-order valence-corrected chi connectivity index (χ3v) is 2.57. The second-order valence-corrected chi connectivity index (χ2v) is 3.29. The average Bonchev–Trinajstić information content (AvgIpc) is 2.19. The Bertz CT molecular complexity index is 371. The van der Waals surface area contributed by atoms with E-state index in [9.17, 15) is 0 Å². The number of hydrogen-bond acceptors (Lipinski definition) is 4. The highest BCUT2D eigenvalue weighted by Crippen LogP contribution is 2.38. The molecule has 0 aromatic heterocycles. The molecule has 2 N–H and O–H groups in total. The molecule has 0 heterocycles. The molecule has 0 atom stereocenters. The molecule has 1 rings (SSSR count). The Balaban J connectivity index is 3.49. The molecule has 0 aliphatic carbocycles. The summed E-state index contributed by atoms with van der Waals surface area (Å²) in [6.45, 7) is 0. The van der Waals surface area contributed by atoms with Gasteiger partial charge >= 0.3 is 0 Å². The number of benzene rings is 1. The molecule has 4 nitrogen and oxygen atoms in total. The third kappa shape index (κ3) is 1.61. The van der Waals surface area contributed by atoms with Gasteiger partial charge in [0.1, 0.15) is 17.6 Å². The van der Waals surface area contributed by atoms with Gasteiger partial charge in [-0.25, -0.2) is 0 Å². The number of nitrogens with zero attached hydrogens (tertiary/aromatic N) is 1. The van der Waals surface area contributed by atoms with Gasteiger partial charge in [-0.2, -0.15) is 5.26 Å². The summed E-state index contributed by atoms with van der Waals surface area (Å²) in [6.07, 6.45) is 0. The predicted molar refractivity (Wildman–Crippen MR) is 56.4 cm³/mol. The van der Waals surface area contributed by atoms with Gasteiger partial charge < -0.3 is 15.2 Å². The van der Waals surface area contributed by atoms with Crippen LogP contribution in [-0.2, 0) is 0 Å². The van der Waals surface area contributed by atoms with Gasteiger partial charge in [0.15, 0.2) is 0 Å². The van der Waals surface area contributed by atoms with Crippen molar-refractivity contribution in [3.63, 3.8) is 0 Å². The monoisotopic (exact) mass is 256 g/mol. The standard InChI is InChI=1S/C9H9BrN2O2/c1-13-6-3-7(14-2)9(12)5(4-11)8(6)10/h3H,12H2,1-2H3. The van der Waals surface area contributed by atoms with E-state index < -0.39 is 0 Å². The van der Waals surface area contributed by atoms with E-state index >= 15 is 0 Å². The highest BCUT2D eigenvalue weighted by atomic mass is 79.9. The fourth-order valence-corrected chi connectivity index (χ4v) is 1.63. The molecular formula is C9H9BrN2O2. The Morgan fingerprint density at radius 3 is 2.36 bits per heavy atom. The van der Waals surface area contributed by atoms with Gasteiger partial charge in [-0.05, 0) is 15.9 Å². The van der Waals surface area contributed by atoms with E-state index in [4.69, 9.17) is 20.5 Å². The van der Waals surface area contributed by atoms with Crippen LogP contribution in [0.25, 0.3) is 0 Å². The van der Waals surface area contributed by atoms with Crippen LogP contribution in [0.4, 0.5) is 5.69 Å². The Labute approximate surface area is 90.4 Å².